The Morgan fingerprint density at radius 3 is 2.82 bits per heavy atom. The summed E-state index contributed by atoms with van der Waals surface area (Å²) in [4.78, 5) is 19.2. The minimum absolute atomic E-state index is 0.0500. The number of aryl methyl sites for hydroxylation is 2. The van der Waals surface area contributed by atoms with Crippen molar-refractivity contribution < 1.29 is 14.3 Å². The van der Waals surface area contributed by atoms with E-state index in [4.69, 9.17) is 26.1 Å². The number of methoxy groups -OCH3 is 1. The van der Waals surface area contributed by atoms with Gasteiger partial charge in [0.2, 0.25) is 0 Å². The van der Waals surface area contributed by atoms with Crippen molar-refractivity contribution >= 4 is 40.1 Å². The van der Waals surface area contributed by atoms with Gasteiger partial charge in [0.1, 0.15) is 17.2 Å². The van der Waals surface area contributed by atoms with Crippen molar-refractivity contribution in [2.75, 3.05) is 26.0 Å². The lowest BCUT2D eigenvalue weighted by Crippen LogP contribution is -2.41. The maximum atomic E-state index is 12.8. The lowest BCUT2D eigenvalue weighted by Gasteiger charge is -2.28. The number of rotatable bonds is 5. The van der Waals surface area contributed by atoms with E-state index < -0.39 is 0 Å². The molecule has 0 aromatic heterocycles. The summed E-state index contributed by atoms with van der Waals surface area (Å²) in [7, 11) is 1.62. The van der Waals surface area contributed by atoms with Crippen LogP contribution in [0.4, 0.5) is 5.69 Å². The van der Waals surface area contributed by atoms with Crippen molar-refractivity contribution in [1.82, 2.24) is 4.90 Å². The molecule has 0 radical (unpaired) electrons. The first kappa shape index (κ1) is 20.6. The normalized spacial score (nSPS) is 15.6. The number of nitrogens with zero attached hydrogens (tertiary/aromatic N) is 2. The molecule has 0 saturated carbocycles. The van der Waals surface area contributed by atoms with E-state index in [0.29, 0.717) is 28.2 Å². The lowest BCUT2D eigenvalue weighted by molar-refractivity contribution is -0.129. The van der Waals surface area contributed by atoms with Gasteiger partial charge in [-0.1, -0.05) is 29.4 Å². The number of amides is 1. The molecule has 0 N–H and O–H groups in total. The van der Waals surface area contributed by atoms with E-state index in [2.05, 4.69) is 0 Å². The number of benzene rings is 2. The number of carbonyl (C=O) groups excluding carboxylic acids is 1. The number of hydrogen-bond acceptors (Lipinski definition) is 5. The molecule has 1 heterocycles. The van der Waals surface area contributed by atoms with Crippen molar-refractivity contribution in [2.45, 2.75) is 20.3 Å². The molecular formula is C21H23ClN2O3S. The Hall–Kier alpha value is -2.18. The lowest BCUT2D eigenvalue weighted by atomic mass is 10.2. The molecule has 0 spiro atoms. The highest BCUT2D eigenvalue weighted by atomic mass is 35.5. The highest BCUT2D eigenvalue weighted by molar-refractivity contribution is 8.13. The van der Waals surface area contributed by atoms with E-state index in [0.717, 1.165) is 29.0 Å². The van der Waals surface area contributed by atoms with Gasteiger partial charge in [-0.15, -0.1) is 0 Å². The Balaban J connectivity index is 1.76. The topological polar surface area (TPSA) is 51.1 Å². The highest BCUT2D eigenvalue weighted by Gasteiger charge is 2.24. The number of thioether (sulfide) groups is 1. The Morgan fingerprint density at radius 2 is 2.07 bits per heavy atom. The molecule has 0 aliphatic carbocycles. The zero-order valence-corrected chi connectivity index (χ0v) is 17.8. The minimum Gasteiger partial charge on any atom is -0.494 e. The van der Waals surface area contributed by atoms with E-state index in [1.165, 1.54) is 0 Å². The van der Waals surface area contributed by atoms with E-state index in [-0.39, 0.29) is 12.5 Å². The summed E-state index contributed by atoms with van der Waals surface area (Å²) in [5.41, 5.74) is 2.72. The van der Waals surface area contributed by atoms with Crippen molar-refractivity contribution in [1.29, 1.82) is 0 Å². The summed E-state index contributed by atoms with van der Waals surface area (Å²) in [6, 6.07) is 11.2. The molecule has 0 atom stereocenters. The van der Waals surface area contributed by atoms with Gasteiger partial charge in [0.05, 0.1) is 7.11 Å². The van der Waals surface area contributed by atoms with E-state index in [9.17, 15) is 4.79 Å². The van der Waals surface area contributed by atoms with Crippen LogP contribution in [0, 0.1) is 13.8 Å². The van der Waals surface area contributed by atoms with Gasteiger partial charge in [-0.05, 0) is 61.7 Å². The molecule has 2 aromatic carbocycles. The summed E-state index contributed by atoms with van der Waals surface area (Å²) in [6.07, 6.45) is 0.917. The van der Waals surface area contributed by atoms with Crippen molar-refractivity contribution in [3.8, 4) is 11.5 Å². The smallest absolute Gasteiger partial charge is 0.266 e. The molecule has 7 heteroatoms. The van der Waals surface area contributed by atoms with Crippen LogP contribution in [-0.2, 0) is 4.79 Å². The zero-order chi connectivity index (χ0) is 20.1. The zero-order valence-electron chi connectivity index (χ0n) is 16.2. The summed E-state index contributed by atoms with van der Waals surface area (Å²) in [5.74, 6) is 2.11. The second kappa shape index (κ2) is 9.34. The molecule has 1 saturated heterocycles. The minimum atomic E-state index is -0.120. The third kappa shape index (κ3) is 5.00. The largest absolute Gasteiger partial charge is 0.494 e. The highest BCUT2D eigenvalue weighted by Crippen LogP contribution is 2.31. The maximum Gasteiger partial charge on any atom is 0.266 e. The maximum absolute atomic E-state index is 12.8. The number of ether oxygens (including phenoxy) is 2. The molecule has 5 nitrogen and oxygen atoms in total. The molecule has 1 amide bonds. The first-order valence-corrected chi connectivity index (χ1v) is 10.4. The number of carbonyl (C=O) groups is 1. The van der Waals surface area contributed by atoms with Gasteiger partial charge in [0.15, 0.2) is 11.8 Å². The summed E-state index contributed by atoms with van der Waals surface area (Å²) < 4.78 is 11.1. The van der Waals surface area contributed by atoms with Crippen LogP contribution in [0.15, 0.2) is 41.4 Å². The number of halogens is 1. The number of hydrogen-bond donors (Lipinski definition) is 0. The van der Waals surface area contributed by atoms with Gasteiger partial charge in [-0.2, -0.15) is 0 Å². The van der Waals surface area contributed by atoms with E-state index in [1.807, 2.05) is 38.1 Å². The van der Waals surface area contributed by atoms with Crippen molar-refractivity contribution in [3.05, 3.63) is 52.5 Å². The quantitative estimate of drug-likeness (QED) is 0.685. The van der Waals surface area contributed by atoms with E-state index in [1.54, 1.807) is 35.9 Å². The summed E-state index contributed by atoms with van der Waals surface area (Å²) >= 11 is 7.61. The van der Waals surface area contributed by atoms with Crippen LogP contribution in [0.25, 0.3) is 0 Å². The standard InChI is InChI=1S/C21H23ClN2O3S/c1-14-5-8-19(26-3)18(11-14)23-21-24(9-4-10-28-21)20(25)13-27-16-6-7-17(22)15(2)12-16/h5-8,11-12H,4,9-10,13H2,1-3H3. The van der Waals surface area contributed by atoms with Crippen LogP contribution in [-0.4, -0.2) is 42.0 Å². The molecule has 1 fully saturated rings. The van der Waals surface area contributed by atoms with E-state index >= 15 is 0 Å². The molecule has 148 valence electrons. The van der Waals surface area contributed by atoms with Gasteiger partial charge in [0, 0.05) is 17.3 Å². The second-order valence-electron chi connectivity index (χ2n) is 6.52. The Kier molecular flexibility index (Phi) is 6.86. The molecule has 1 aliphatic rings. The monoisotopic (exact) mass is 418 g/mol. The predicted octanol–water partition coefficient (Wildman–Crippen LogP) is 5.00. The summed E-state index contributed by atoms with van der Waals surface area (Å²) in [5, 5.41) is 1.35. The van der Waals surface area contributed by atoms with Crippen LogP contribution >= 0.6 is 23.4 Å². The molecule has 0 unspecified atom stereocenters. The molecule has 28 heavy (non-hydrogen) atoms. The Labute approximate surface area is 174 Å². The molecule has 1 aliphatic heterocycles. The van der Waals surface area contributed by atoms with Gasteiger partial charge in [-0.3, -0.25) is 9.69 Å². The Bertz CT molecular complexity index is 901. The van der Waals surface area contributed by atoms with Crippen molar-refractivity contribution in [3.63, 3.8) is 0 Å². The van der Waals surface area contributed by atoms with Crippen LogP contribution in [0.1, 0.15) is 17.5 Å². The van der Waals surface area contributed by atoms with Gasteiger partial charge in [0.25, 0.3) is 5.91 Å². The predicted molar refractivity (Wildman–Crippen MR) is 115 cm³/mol. The van der Waals surface area contributed by atoms with Gasteiger partial charge >= 0.3 is 0 Å². The average molecular weight is 419 g/mol. The fourth-order valence-electron chi connectivity index (χ4n) is 2.80. The molecule has 2 aromatic rings. The van der Waals surface area contributed by atoms with Crippen LogP contribution in [0.5, 0.6) is 11.5 Å². The van der Waals surface area contributed by atoms with Crippen LogP contribution < -0.4 is 9.47 Å². The number of aliphatic imine (C=N–C) groups is 1. The third-order valence-electron chi connectivity index (χ3n) is 4.33. The average Bonchev–Trinajstić information content (AvgIpc) is 2.69. The van der Waals surface area contributed by atoms with Gasteiger partial charge in [-0.25, -0.2) is 4.99 Å². The Morgan fingerprint density at radius 1 is 1.25 bits per heavy atom. The SMILES string of the molecule is COc1ccc(C)cc1N=C1SCCCN1C(=O)COc1ccc(Cl)c(C)c1. The van der Waals surface area contributed by atoms with Crippen molar-refractivity contribution in [2.24, 2.45) is 4.99 Å². The second-order valence-corrected chi connectivity index (χ2v) is 7.99. The van der Waals surface area contributed by atoms with Crippen LogP contribution in [0.3, 0.4) is 0 Å². The third-order valence-corrected chi connectivity index (χ3v) is 5.82. The molecule has 0 bridgehead atoms. The molecule has 3 rings (SSSR count). The fourth-order valence-corrected chi connectivity index (χ4v) is 3.89. The summed E-state index contributed by atoms with van der Waals surface area (Å²) in [6.45, 7) is 4.48. The first-order valence-electron chi connectivity index (χ1n) is 9.03. The van der Waals surface area contributed by atoms with Crippen LogP contribution in [0.2, 0.25) is 5.02 Å². The fraction of sp³-hybridized carbons (Fsp3) is 0.333. The molecular weight excluding hydrogens is 396 g/mol. The first-order chi connectivity index (χ1) is 13.5. The number of amidine groups is 1. The van der Waals surface area contributed by atoms with Gasteiger partial charge < -0.3 is 9.47 Å².